The van der Waals surface area contributed by atoms with Crippen LogP contribution in [0.5, 0.6) is 5.75 Å². The van der Waals surface area contributed by atoms with Gasteiger partial charge in [-0.05, 0) is 48.9 Å². The van der Waals surface area contributed by atoms with Crippen molar-refractivity contribution in [2.24, 2.45) is 0 Å². The molecule has 134 valence electrons. The lowest BCUT2D eigenvalue weighted by molar-refractivity contribution is -0.115. The van der Waals surface area contributed by atoms with Gasteiger partial charge in [0, 0.05) is 5.69 Å². The molecule has 8 heteroatoms. The number of rotatable bonds is 6. The number of halogens is 2. The van der Waals surface area contributed by atoms with E-state index in [0.29, 0.717) is 22.0 Å². The molecule has 0 radical (unpaired) electrons. The fourth-order valence-corrected chi connectivity index (χ4v) is 3.67. The Kier molecular flexibility index (Phi) is 6.32. The monoisotopic (exact) mass is 401 g/mol. The summed E-state index contributed by atoms with van der Waals surface area (Å²) >= 11 is 11.7. The number of sulfone groups is 1. The lowest BCUT2D eigenvalue weighted by Gasteiger charge is -2.14. The number of hydrogen-bond acceptors (Lipinski definition) is 4. The van der Waals surface area contributed by atoms with Crippen molar-refractivity contribution in [3.63, 3.8) is 0 Å². The van der Waals surface area contributed by atoms with Crippen molar-refractivity contribution in [1.82, 2.24) is 0 Å². The maximum atomic E-state index is 12.5. The summed E-state index contributed by atoms with van der Waals surface area (Å²) in [6, 6.07) is 11.2. The van der Waals surface area contributed by atoms with Crippen LogP contribution in [0, 0.1) is 0 Å². The summed E-state index contributed by atoms with van der Waals surface area (Å²) in [5.41, 5.74) is 0.959. The summed E-state index contributed by atoms with van der Waals surface area (Å²) in [5.74, 6) is -0.273. The molecule has 0 aromatic heterocycles. The number of amides is 1. The molecule has 0 fully saturated rings. The zero-order chi connectivity index (χ0) is 18.6. The van der Waals surface area contributed by atoms with Gasteiger partial charge in [-0.3, -0.25) is 4.79 Å². The minimum atomic E-state index is -3.71. The lowest BCUT2D eigenvalue weighted by atomic mass is 10.2. The van der Waals surface area contributed by atoms with Crippen LogP contribution in [0.2, 0.25) is 10.0 Å². The van der Waals surface area contributed by atoms with Crippen molar-refractivity contribution in [3.05, 3.63) is 58.1 Å². The average molecular weight is 402 g/mol. The van der Waals surface area contributed by atoms with Gasteiger partial charge in [0.25, 0.3) is 0 Å². The van der Waals surface area contributed by atoms with Gasteiger partial charge >= 0.3 is 0 Å². The minimum Gasteiger partial charge on any atom is -0.497 e. The van der Waals surface area contributed by atoms with Crippen molar-refractivity contribution in [2.45, 2.75) is 17.9 Å². The smallest absolute Gasteiger partial charge is 0.242 e. The molecule has 1 atom stereocenters. The molecule has 25 heavy (non-hydrogen) atoms. The van der Waals surface area contributed by atoms with Crippen LogP contribution in [-0.2, 0) is 20.4 Å². The van der Waals surface area contributed by atoms with E-state index >= 15 is 0 Å². The van der Waals surface area contributed by atoms with Gasteiger partial charge < -0.3 is 10.1 Å². The first kappa shape index (κ1) is 19.6. The Bertz CT molecular complexity index is 867. The topological polar surface area (TPSA) is 72.5 Å². The lowest BCUT2D eigenvalue weighted by Crippen LogP contribution is -2.33. The van der Waals surface area contributed by atoms with Gasteiger partial charge in [0.1, 0.15) is 11.0 Å². The molecule has 5 nitrogen and oxygen atoms in total. The molecular weight excluding hydrogens is 385 g/mol. The highest BCUT2D eigenvalue weighted by atomic mass is 35.5. The molecule has 0 spiro atoms. The Morgan fingerprint density at radius 1 is 1.12 bits per heavy atom. The first-order valence-electron chi connectivity index (χ1n) is 7.33. The number of carbonyl (C=O) groups is 1. The second-order valence-corrected chi connectivity index (χ2v) is 8.55. The summed E-state index contributed by atoms with van der Waals surface area (Å²) in [6.07, 6.45) is 0. The zero-order valence-electron chi connectivity index (χ0n) is 13.6. The van der Waals surface area contributed by atoms with Gasteiger partial charge in [-0.25, -0.2) is 8.42 Å². The van der Waals surface area contributed by atoms with E-state index in [1.165, 1.54) is 26.2 Å². The van der Waals surface area contributed by atoms with Gasteiger partial charge in [-0.1, -0.05) is 29.3 Å². The highest BCUT2D eigenvalue weighted by Crippen LogP contribution is 2.24. The second-order valence-electron chi connectivity index (χ2n) is 5.42. The number of anilines is 1. The molecule has 2 aromatic rings. The van der Waals surface area contributed by atoms with E-state index in [0.717, 1.165) is 0 Å². The van der Waals surface area contributed by atoms with Crippen molar-refractivity contribution >= 4 is 44.6 Å². The third-order valence-corrected chi connectivity index (χ3v) is 6.38. The number of carbonyl (C=O) groups excluding carboxylic acids is 1. The summed E-state index contributed by atoms with van der Waals surface area (Å²) in [6.45, 7) is 1.35. The standard InChI is InChI=1S/C17H17Cl2NO4S/c1-11(17(21)20-13-4-6-14(24-2)7-5-13)25(22,23)10-12-3-8-15(18)16(19)9-12/h3-9,11H,10H2,1-2H3,(H,20,21). The van der Waals surface area contributed by atoms with E-state index < -0.39 is 21.0 Å². The number of ether oxygens (including phenoxy) is 1. The van der Waals surface area contributed by atoms with Crippen LogP contribution in [0.15, 0.2) is 42.5 Å². The molecule has 0 aliphatic rings. The van der Waals surface area contributed by atoms with Crippen LogP contribution in [0.25, 0.3) is 0 Å². The number of nitrogens with one attached hydrogen (secondary N) is 1. The molecule has 1 unspecified atom stereocenters. The van der Waals surface area contributed by atoms with Crippen LogP contribution < -0.4 is 10.1 Å². The fourth-order valence-electron chi connectivity index (χ4n) is 2.07. The first-order valence-corrected chi connectivity index (χ1v) is 9.80. The van der Waals surface area contributed by atoms with E-state index in [2.05, 4.69) is 5.32 Å². The Labute approximate surface area is 156 Å². The van der Waals surface area contributed by atoms with Crippen LogP contribution in [0.1, 0.15) is 12.5 Å². The SMILES string of the molecule is COc1ccc(NC(=O)C(C)S(=O)(=O)Cc2ccc(Cl)c(Cl)c2)cc1. The molecule has 0 saturated heterocycles. The van der Waals surface area contributed by atoms with E-state index in [4.69, 9.17) is 27.9 Å². The normalized spacial score (nSPS) is 12.5. The van der Waals surface area contributed by atoms with Crippen molar-refractivity contribution < 1.29 is 17.9 Å². The summed E-state index contributed by atoms with van der Waals surface area (Å²) in [7, 11) is -2.18. The highest BCUT2D eigenvalue weighted by molar-refractivity contribution is 7.92. The predicted molar refractivity (Wildman–Crippen MR) is 100 cm³/mol. The number of hydrogen-bond donors (Lipinski definition) is 1. The highest BCUT2D eigenvalue weighted by Gasteiger charge is 2.28. The third-order valence-electron chi connectivity index (χ3n) is 3.62. The van der Waals surface area contributed by atoms with E-state index in [9.17, 15) is 13.2 Å². The van der Waals surface area contributed by atoms with Crippen LogP contribution in [0.4, 0.5) is 5.69 Å². The molecule has 2 rings (SSSR count). The number of methoxy groups -OCH3 is 1. The summed E-state index contributed by atoms with van der Waals surface area (Å²) < 4.78 is 30.0. The van der Waals surface area contributed by atoms with Crippen LogP contribution in [0.3, 0.4) is 0 Å². The van der Waals surface area contributed by atoms with E-state index in [1.807, 2.05) is 0 Å². The van der Waals surface area contributed by atoms with E-state index in [1.54, 1.807) is 30.3 Å². The number of benzene rings is 2. The van der Waals surface area contributed by atoms with Crippen molar-refractivity contribution in [2.75, 3.05) is 12.4 Å². The Morgan fingerprint density at radius 3 is 2.32 bits per heavy atom. The van der Waals surface area contributed by atoms with Crippen molar-refractivity contribution in [1.29, 1.82) is 0 Å². The van der Waals surface area contributed by atoms with Gasteiger partial charge in [-0.15, -0.1) is 0 Å². The summed E-state index contributed by atoms with van der Waals surface area (Å²) in [4.78, 5) is 12.3. The van der Waals surface area contributed by atoms with Gasteiger partial charge in [0.05, 0.1) is 22.9 Å². The van der Waals surface area contributed by atoms with Crippen molar-refractivity contribution in [3.8, 4) is 5.75 Å². The Hall–Kier alpha value is -1.76. The van der Waals surface area contributed by atoms with Gasteiger partial charge in [-0.2, -0.15) is 0 Å². The molecule has 2 aromatic carbocycles. The zero-order valence-corrected chi connectivity index (χ0v) is 16.0. The van der Waals surface area contributed by atoms with Crippen LogP contribution in [-0.4, -0.2) is 26.7 Å². The van der Waals surface area contributed by atoms with Crippen LogP contribution >= 0.6 is 23.2 Å². The average Bonchev–Trinajstić information content (AvgIpc) is 2.58. The third kappa shape index (κ3) is 5.11. The molecule has 0 aliphatic carbocycles. The second kappa shape index (κ2) is 8.08. The van der Waals surface area contributed by atoms with E-state index in [-0.39, 0.29) is 10.8 Å². The molecule has 1 amide bonds. The molecule has 0 aliphatic heterocycles. The molecular formula is C17H17Cl2NO4S. The molecule has 1 N–H and O–H groups in total. The quantitative estimate of drug-likeness (QED) is 0.795. The fraction of sp³-hybridized carbons (Fsp3) is 0.235. The Balaban J connectivity index is 2.09. The molecule has 0 bridgehead atoms. The Morgan fingerprint density at radius 2 is 1.76 bits per heavy atom. The molecule has 0 saturated carbocycles. The van der Waals surface area contributed by atoms with Gasteiger partial charge in [0.15, 0.2) is 9.84 Å². The predicted octanol–water partition coefficient (Wildman–Crippen LogP) is 3.94. The first-order chi connectivity index (χ1) is 11.7. The maximum absolute atomic E-state index is 12.5. The summed E-state index contributed by atoms with van der Waals surface area (Å²) in [5, 5.41) is 1.98. The maximum Gasteiger partial charge on any atom is 0.242 e. The molecule has 0 heterocycles. The van der Waals surface area contributed by atoms with Gasteiger partial charge in [0.2, 0.25) is 5.91 Å². The minimum absolute atomic E-state index is 0.268. The largest absolute Gasteiger partial charge is 0.497 e.